The monoisotopic (exact) mass is 913 g/mol. The minimum atomic E-state index is -2.75. The van der Waals surface area contributed by atoms with Crippen LogP contribution in [0.3, 0.4) is 0 Å². The first-order valence-corrected chi connectivity index (χ1v) is 26.2. The largest absolute Gasteiger partial charge is 0.494 e. The van der Waals surface area contributed by atoms with E-state index in [1.807, 2.05) is 19.1 Å². The van der Waals surface area contributed by atoms with Gasteiger partial charge in [-0.3, -0.25) is 29.8 Å². The average Bonchev–Trinajstić information content (AvgIpc) is 3.30. The average molecular weight is 914 g/mol. The maximum Gasteiger partial charge on any atom is 0.234 e. The smallest absolute Gasteiger partial charge is 0.234 e. The van der Waals surface area contributed by atoms with Gasteiger partial charge in [0.2, 0.25) is 17.8 Å². The molecule has 15 nitrogen and oxygen atoms in total. The molecular weight excluding hydrogens is 850 g/mol. The first kappa shape index (κ1) is 45.5. The van der Waals surface area contributed by atoms with Gasteiger partial charge in [0.25, 0.3) is 0 Å². The Bertz CT molecular complexity index is 2620. The highest BCUT2D eigenvalue weighted by molar-refractivity contribution is 7.71. The quantitative estimate of drug-likeness (QED) is 0.0768. The molecule has 5 aromatic rings. The van der Waals surface area contributed by atoms with Crippen LogP contribution in [0.4, 0.5) is 34.5 Å². The highest BCUT2D eigenvalue weighted by atomic mass is 31.2. The van der Waals surface area contributed by atoms with E-state index in [0.29, 0.717) is 58.7 Å². The molecule has 3 saturated heterocycles. The van der Waals surface area contributed by atoms with Crippen LogP contribution in [0.1, 0.15) is 68.1 Å². The van der Waals surface area contributed by atoms with E-state index in [0.717, 1.165) is 87.0 Å². The van der Waals surface area contributed by atoms with Crippen LogP contribution in [-0.4, -0.2) is 127 Å². The Kier molecular flexibility index (Phi) is 13.3. The summed E-state index contributed by atoms with van der Waals surface area (Å²) in [6, 6.07) is 17.6. The van der Waals surface area contributed by atoms with E-state index in [9.17, 15) is 14.2 Å². The van der Waals surface area contributed by atoms with Crippen LogP contribution in [-0.2, 0) is 20.6 Å². The third-order valence-corrected chi connectivity index (χ3v) is 15.9. The molecule has 5 heterocycles. The molecule has 1 atom stereocenters. The molecule has 0 bridgehead atoms. The summed E-state index contributed by atoms with van der Waals surface area (Å²) < 4.78 is 19.5. The summed E-state index contributed by atoms with van der Waals surface area (Å²) >= 11 is 0. The van der Waals surface area contributed by atoms with Gasteiger partial charge in [-0.05, 0) is 106 Å². The molecule has 348 valence electrons. The SMILES string of the molecule is CCc1cc(Nc2ncc(C)c(Nc3ccc4nccnc4c3P(C)(C)=O)n2)c(OC)cc1N1CCC(N2CCN(C[C@H]3C[C@H](N(C)c4ccc(C5CCC(=O)NC5=O)cc4)C3)CC2)CC1. The van der Waals surface area contributed by atoms with Crippen molar-refractivity contribution in [1.82, 2.24) is 35.1 Å². The summed E-state index contributed by atoms with van der Waals surface area (Å²) in [4.78, 5) is 52.7. The number of anilines is 6. The minimum absolute atomic E-state index is 0.175. The first-order chi connectivity index (χ1) is 31.8. The second-order valence-electron chi connectivity index (χ2n) is 19.0. The predicted octanol–water partition coefficient (Wildman–Crippen LogP) is 7.06. The predicted molar refractivity (Wildman–Crippen MR) is 264 cm³/mol. The molecule has 4 fully saturated rings. The molecule has 0 spiro atoms. The summed E-state index contributed by atoms with van der Waals surface area (Å²) in [6.07, 6.45) is 11.6. The van der Waals surface area contributed by atoms with Crippen LogP contribution in [0.15, 0.2) is 67.1 Å². The Morgan fingerprint density at radius 3 is 2.33 bits per heavy atom. The molecule has 1 saturated carbocycles. The van der Waals surface area contributed by atoms with Crippen molar-refractivity contribution in [2.45, 2.75) is 76.8 Å². The Morgan fingerprint density at radius 1 is 0.894 bits per heavy atom. The van der Waals surface area contributed by atoms with E-state index < -0.39 is 7.14 Å². The van der Waals surface area contributed by atoms with E-state index >= 15 is 0 Å². The summed E-state index contributed by atoms with van der Waals surface area (Å²) in [6.45, 7) is 15.3. The van der Waals surface area contributed by atoms with Gasteiger partial charge in [-0.25, -0.2) is 4.98 Å². The van der Waals surface area contributed by atoms with Crippen LogP contribution in [0.2, 0.25) is 0 Å². The molecule has 66 heavy (non-hydrogen) atoms. The number of benzene rings is 3. The van der Waals surface area contributed by atoms with E-state index in [4.69, 9.17) is 9.72 Å². The number of piperidine rings is 2. The highest BCUT2D eigenvalue weighted by Gasteiger charge is 2.36. The molecule has 9 rings (SSSR count). The van der Waals surface area contributed by atoms with Crippen molar-refractivity contribution in [1.29, 1.82) is 0 Å². The summed E-state index contributed by atoms with van der Waals surface area (Å²) in [7, 11) is 1.14. The summed E-state index contributed by atoms with van der Waals surface area (Å²) in [5.74, 6) is 1.89. The van der Waals surface area contributed by atoms with E-state index in [1.165, 1.54) is 36.3 Å². The molecule has 16 heteroatoms. The van der Waals surface area contributed by atoms with Crippen LogP contribution >= 0.6 is 7.14 Å². The topological polar surface area (TPSA) is 161 Å². The number of nitrogens with zero attached hydrogens (tertiary/aromatic N) is 8. The van der Waals surface area contributed by atoms with Crippen LogP contribution in [0.5, 0.6) is 5.75 Å². The van der Waals surface area contributed by atoms with Gasteiger partial charge in [0.15, 0.2) is 0 Å². The number of nitrogens with one attached hydrogen (secondary N) is 3. The Balaban J connectivity index is 0.760. The number of piperazine rings is 1. The third kappa shape index (κ3) is 9.75. The van der Waals surface area contributed by atoms with Gasteiger partial charge in [0, 0.05) is 113 Å². The second kappa shape index (κ2) is 19.3. The normalized spacial score (nSPS) is 21.1. The zero-order chi connectivity index (χ0) is 46.1. The number of aryl methyl sites for hydroxylation is 2. The van der Waals surface area contributed by atoms with Crippen molar-refractivity contribution < 1.29 is 18.9 Å². The van der Waals surface area contributed by atoms with Gasteiger partial charge in [-0.1, -0.05) is 19.1 Å². The standard InChI is InChI=1S/C50H64N11O4P/c1-7-34-28-42(55-50-53-30-32(2)48(57-50)54-41-14-13-40-46(52-19-18-51-40)47(41)66(5,6)64)44(65-4)29-43(34)61-20-16-37(17-21-61)60-24-22-59(23-25-60)31-33-26-38(27-33)58(3)36-10-8-35(9-11-36)39-12-15-45(62)56-49(39)63/h8-11,13-14,18-19,28-30,33,37-39H,7,12,15-17,20-27,31H2,1-6H3,(H,56,62,63)(H2,53,54,55,57)/t33-,38-,39?. The number of methoxy groups -OCH3 is 1. The number of ether oxygens (including phenoxy) is 1. The fourth-order valence-corrected chi connectivity index (χ4v) is 11.9. The van der Waals surface area contributed by atoms with Gasteiger partial charge in [-0.15, -0.1) is 0 Å². The van der Waals surface area contributed by atoms with Crippen LogP contribution in [0.25, 0.3) is 11.0 Å². The molecule has 3 aromatic carbocycles. The third-order valence-electron chi connectivity index (χ3n) is 14.4. The number of hydrogen-bond acceptors (Lipinski definition) is 14. The zero-order valence-corrected chi connectivity index (χ0v) is 40.1. The number of fused-ring (bicyclic) bond motifs is 1. The first-order valence-electron chi connectivity index (χ1n) is 23.6. The maximum atomic E-state index is 13.6. The minimum Gasteiger partial charge on any atom is -0.494 e. The van der Waals surface area contributed by atoms with E-state index in [-0.39, 0.29) is 17.7 Å². The molecule has 2 amide bonds. The Labute approximate surface area is 388 Å². The number of carbonyl (C=O) groups excluding carboxylic acids is 2. The summed E-state index contributed by atoms with van der Waals surface area (Å²) in [5, 5.41) is 10.0. The summed E-state index contributed by atoms with van der Waals surface area (Å²) in [5.41, 5.74) is 8.28. The number of amides is 2. The molecule has 1 unspecified atom stereocenters. The van der Waals surface area contributed by atoms with E-state index in [1.54, 1.807) is 39.0 Å². The lowest BCUT2D eigenvalue weighted by molar-refractivity contribution is -0.134. The number of imide groups is 1. The van der Waals surface area contributed by atoms with Gasteiger partial charge in [-0.2, -0.15) is 4.98 Å². The maximum absolute atomic E-state index is 13.6. The Morgan fingerprint density at radius 2 is 1.64 bits per heavy atom. The zero-order valence-electron chi connectivity index (χ0n) is 39.2. The van der Waals surface area contributed by atoms with Crippen molar-refractivity contribution in [2.24, 2.45) is 5.92 Å². The van der Waals surface area contributed by atoms with Crippen molar-refractivity contribution in [3.63, 3.8) is 0 Å². The molecule has 3 aliphatic heterocycles. The molecule has 1 aliphatic carbocycles. The van der Waals surface area contributed by atoms with E-state index in [2.05, 4.69) is 101 Å². The number of hydrogen-bond donors (Lipinski definition) is 3. The fourth-order valence-electron chi connectivity index (χ4n) is 10.5. The van der Waals surface area contributed by atoms with Gasteiger partial charge in [0.1, 0.15) is 24.2 Å². The number of rotatable bonds is 14. The van der Waals surface area contributed by atoms with Crippen molar-refractivity contribution in [3.05, 3.63) is 83.8 Å². The molecule has 0 radical (unpaired) electrons. The molecule has 4 aliphatic rings. The molecular formula is C50H64N11O4P. The van der Waals surface area contributed by atoms with Crippen molar-refractivity contribution >= 4 is 69.8 Å². The van der Waals surface area contributed by atoms with Crippen molar-refractivity contribution in [2.75, 3.05) is 93.7 Å². The lowest BCUT2D eigenvalue weighted by atomic mass is 9.78. The Hall–Kier alpha value is -5.63. The highest BCUT2D eigenvalue weighted by Crippen LogP contribution is 2.42. The number of aromatic nitrogens is 4. The number of carbonyl (C=O) groups is 2. The van der Waals surface area contributed by atoms with Gasteiger partial charge < -0.3 is 34.6 Å². The van der Waals surface area contributed by atoms with Crippen LogP contribution in [0, 0.1) is 12.8 Å². The van der Waals surface area contributed by atoms with Gasteiger partial charge in [0.05, 0.1) is 35.2 Å². The second-order valence-corrected chi connectivity index (χ2v) is 22.1. The lowest BCUT2D eigenvalue weighted by Crippen LogP contribution is -2.55. The van der Waals surface area contributed by atoms with Gasteiger partial charge >= 0.3 is 0 Å². The van der Waals surface area contributed by atoms with Crippen LogP contribution < -0.4 is 35.8 Å². The fraction of sp³-hybridized carbons (Fsp3) is 0.480. The van der Waals surface area contributed by atoms with Crippen molar-refractivity contribution in [3.8, 4) is 5.75 Å². The lowest BCUT2D eigenvalue weighted by Gasteiger charge is -2.47. The molecule has 3 N–H and O–H groups in total. The molecule has 2 aromatic heterocycles.